The minimum atomic E-state index is -1.32. The molecule has 0 aromatic carbocycles. The number of ketones is 1. The molecule has 2 rings (SSSR count). The van der Waals surface area contributed by atoms with Crippen LogP contribution in [0.5, 0.6) is 0 Å². The highest BCUT2D eigenvalue weighted by atomic mass is 16.7. The van der Waals surface area contributed by atoms with Crippen molar-refractivity contribution in [1.82, 2.24) is 0 Å². The monoisotopic (exact) mass is 824 g/mol. The molecule has 14 heteroatoms. The summed E-state index contributed by atoms with van der Waals surface area (Å²) in [5, 5.41) is 10.8. The molecule has 1 spiro atoms. The molecule has 0 radical (unpaired) electrons. The van der Waals surface area contributed by atoms with E-state index in [0.717, 1.165) is 0 Å². The maximum absolute atomic E-state index is 13.5. The van der Waals surface area contributed by atoms with Crippen LogP contribution in [0, 0.1) is 35.5 Å². The number of carbonyl (C=O) groups is 6. The molecule has 12 atom stereocenters. The largest absolute Gasteiger partial charge is 0.466 e. The van der Waals surface area contributed by atoms with Gasteiger partial charge in [-0.2, -0.15) is 0 Å². The number of carbonyl (C=O) groups excluding carboxylic acids is 6. The molecule has 0 saturated carbocycles. The van der Waals surface area contributed by atoms with Crippen LogP contribution in [0.2, 0.25) is 0 Å². The van der Waals surface area contributed by atoms with E-state index in [0.29, 0.717) is 25.7 Å². The number of ether oxygens (including phenoxy) is 7. The van der Waals surface area contributed by atoms with E-state index in [1.807, 2.05) is 41.5 Å². The van der Waals surface area contributed by atoms with E-state index in [1.54, 1.807) is 26.8 Å². The number of hydrogen-bond acceptors (Lipinski definition) is 14. The Morgan fingerprint density at radius 1 is 0.759 bits per heavy atom. The van der Waals surface area contributed by atoms with Crippen molar-refractivity contribution >= 4 is 35.6 Å². The minimum absolute atomic E-state index is 0.00335. The molecule has 2 aliphatic rings. The lowest BCUT2D eigenvalue weighted by Gasteiger charge is -2.51. The first-order valence-electron chi connectivity index (χ1n) is 21.1. The SMILES string of the molecule is CCC(=O)O[C@@H](C/C=C(\C)C(=O)OC)[C@H](C)[C@@H](OC(=O)CC(C)C)[C@@H](C[C@H](C)[C@H](OC(=O)CC(C)C)[C@@H]1C[C@H](C)C[C@]2(C[C@H](C)C[C@@H]([C@@H](O)C(C)=O)O2)O1)OC(C)=O. The maximum Gasteiger partial charge on any atom is 0.333 e. The van der Waals surface area contributed by atoms with Crippen LogP contribution < -0.4 is 0 Å². The average molecular weight is 825 g/mol. The number of hydrogen-bond donors (Lipinski definition) is 1. The lowest BCUT2D eigenvalue weighted by atomic mass is 9.79. The Labute approximate surface area is 345 Å². The summed E-state index contributed by atoms with van der Waals surface area (Å²) in [6.45, 7) is 21.0. The molecule has 332 valence electrons. The first-order chi connectivity index (χ1) is 27.0. The Hall–Kier alpha value is -3.36. The van der Waals surface area contributed by atoms with Crippen LogP contribution in [0.15, 0.2) is 11.6 Å². The second-order valence-corrected chi connectivity index (χ2v) is 17.7. The van der Waals surface area contributed by atoms with Crippen LogP contribution in [0.25, 0.3) is 0 Å². The van der Waals surface area contributed by atoms with Gasteiger partial charge in [0.2, 0.25) is 0 Å². The first kappa shape index (κ1) is 50.8. The number of aliphatic hydroxyl groups excluding tert-OH is 1. The van der Waals surface area contributed by atoms with Crippen molar-refractivity contribution < 1.29 is 67.0 Å². The molecule has 0 aromatic rings. The van der Waals surface area contributed by atoms with Gasteiger partial charge >= 0.3 is 29.8 Å². The molecule has 58 heavy (non-hydrogen) atoms. The molecular weight excluding hydrogens is 752 g/mol. The number of rotatable bonds is 21. The van der Waals surface area contributed by atoms with Crippen LogP contribution >= 0.6 is 0 Å². The predicted octanol–water partition coefficient (Wildman–Crippen LogP) is 6.60. The predicted molar refractivity (Wildman–Crippen MR) is 214 cm³/mol. The van der Waals surface area contributed by atoms with Crippen molar-refractivity contribution in [1.29, 1.82) is 0 Å². The van der Waals surface area contributed by atoms with Gasteiger partial charge in [-0.05, 0) is 62.7 Å². The summed E-state index contributed by atoms with van der Waals surface area (Å²) in [7, 11) is 1.26. The summed E-state index contributed by atoms with van der Waals surface area (Å²) in [6, 6.07) is 0. The summed E-state index contributed by atoms with van der Waals surface area (Å²) < 4.78 is 42.5. The van der Waals surface area contributed by atoms with Gasteiger partial charge in [0.15, 0.2) is 11.6 Å². The molecule has 0 aliphatic carbocycles. The van der Waals surface area contributed by atoms with Crippen LogP contribution in [-0.2, 0) is 61.9 Å². The average Bonchev–Trinajstić information content (AvgIpc) is 3.11. The van der Waals surface area contributed by atoms with E-state index in [-0.39, 0.29) is 61.3 Å². The molecule has 0 aromatic heterocycles. The first-order valence-corrected chi connectivity index (χ1v) is 21.1. The topological polar surface area (TPSA) is 187 Å². The molecule has 0 unspecified atom stereocenters. The van der Waals surface area contributed by atoms with E-state index in [1.165, 1.54) is 21.0 Å². The Morgan fingerprint density at radius 3 is 1.79 bits per heavy atom. The van der Waals surface area contributed by atoms with E-state index in [4.69, 9.17) is 33.2 Å². The number of esters is 5. The summed E-state index contributed by atoms with van der Waals surface area (Å²) >= 11 is 0. The van der Waals surface area contributed by atoms with Gasteiger partial charge in [0, 0.05) is 56.9 Å². The highest BCUT2D eigenvalue weighted by molar-refractivity contribution is 5.87. The van der Waals surface area contributed by atoms with Crippen molar-refractivity contribution in [3.8, 4) is 0 Å². The van der Waals surface area contributed by atoms with E-state index >= 15 is 0 Å². The number of aliphatic hydroxyl groups is 1. The van der Waals surface area contributed by atoms with E-state index < -0.39 is 96.0 Å². The van der Waals surface area contributed by atoms with Gasteiger partial charge in [0.05, 0.1) is 19.3 Å². The molecule has 0 amide bonds. The highest BCUT2D eigenvalue weighted by Crippen LogP contribution is 2.46. The summed E-state index contributed by atoms with van der Waals surface area (Å²) in [6.07, 6.45) is -2.91. The third-order valence-electron chi connectivity index (χ3n) is 10.8. The quantitative estimate of drug-likeness (QED) is 0.0741. The van der Waals surface area contributed by atoms with Gasteiger partial charge in [-0.25, -0.2) is 4.79 Å². The second kappa shape index (κ2) is 23.4. The van der Waals surface area contributed by atoms with Gasteiger partial charge < -0.3 is 38.3 Å². The molecular formula is C44H72O14. The smallest absolute Gasteiger partial charge is 0.333 e. The Kier molecular flexibility index (Phi) is 20.5. The van der Waals surface area contributed by atoms with Crippen molar-refractivity contribution in [2.45, 2.75) is 189 Å². The van der Waals surface area contributed by atoms with Gasteiger partial charge in [0.1, 0.15) is 30.5 Å². The fourth-order valence-corrected chi connectivity index (χ4v) is 8.11. The van der Waals surface area contributed by atoms with Crippen molar-refractivity contribution in [3.05, 3.63) is 11.6 Å². The summed E-state index contributed by atoms with van der Waals surface area (Å²) in [5.41, 5.74) is 0.287. The fourth-order valence-electron chi connectivity index (χ4n) is 8.11. The van der Waals surface area contributed by atoms with E-state index in [9.17, 15) is 33.9 Å². The third kappa shape index (κ3) is 16.0. The van der Waals surface area contributed by atoms with Crippen LogP contribution in [0.1, 0.15) is 141 Å². The zero-order chi connectivity index (χ0) is 44.1. The summed E-state index contributed by atoms with van der Waals surface area (Å²) in [4.78, 5) is 77.0. The van der Waals surface area contributed by atoms with Crippen LogP contribution in [0.4, 0.5) is 0 Å². The van der Waals surface area contributed by atoms with Crippen molar-refractivity contribution in [2.24, 2.45) is 35.5 Å². The summed E-state index contributed by atoms with van der Waals surface area (Å²) in [5.74, 6) is -5.58. The molecule has 0 bridgehead atoms. The van der Waals surface area contributed by atoms with Gasteiger partial charge in [-0.1, -0.05) is 68.4 Å². The standard InChI is InChI=1S/C44H72O14/c1-14-37(47)54-33(16-15-28(8)43(51)52-13)30(10)42(56-39(49)18-25(4)5)35(53-32(12)46)21-29(9)41(55-38(48)17-24(2)3)36-20-27(7)23-44(58-36)22-26(6)19-34(57-44)40(50)31(11)45/h15,24-27,29-30,33-36,40-42,50H,14,16-23H2,1-13H3/b28-15+/t26-,27+,29+,30+,33+,34+,35-,36+,40+,41+,42-,44+/m1/s1. The molecule has 2 fully saturated rings. The zero-order valence-corrected chi connectivity index (χ0v) is 37.2. The van der Waals surface area contributed by atoms with Gasteiger partial charge in [-0.3, -0.25) is 24.0 Å². The van der Waals surface area contributed by atoms with Crippen LogP contribution in [0.3, 0.4) is 0 Å². The zero-order valence-electron chi connectivity index (χ0n) is 37.2. The number of methoxy groups -OCH3 is 1. The highest BCUT2D eigenvalue weighted by Gasteiger charge is 2.52. The van der Waals surface area contributed by atoms with Crippen molar-refractivity contribution in [2.75, 3.05) is 7.11 Å². The van der Waals surface area contributed by atoms with E-state index in [2.05, 4.69) is 6.92 Å². The minimum Gasteiger partial charge on any atom is -0.466 e. The molecule has 2 aliphatic heterocycles. The lowest BCUT2D eigenvalue weighted by Crippen LogP contribution is -2.57. The molecule has 14 nitrogen and oxygen atoms in total. The van der Waals surface area contributed by atoms with Crippen molar-refractivity contribution in [3.63, 3.8) is 0 Å². The molecule has 2 heterocycles. The molecule has 2 saturated heterocycles. The Balaban J connectivity index is 2.67. The normalized spacial score (nSPS) is 26.1. The Bertz CT molecular complexity index is 1420. The Morgan fingerprint density at radius 2 is 1.29 bits per heavy atom. The fraction of sp³-hybridized carbons (Fsp3) is 0.818. The van der Waals surface area contributed by atoms with Crippen LogP contribution in [-0.4, -0.2) is 96.4 Å². The third-order valence-corrected chi connectivity index (χ3v) is 10.8. The molecule has 1 N–H and O–H groups in total. The van der Waals surface area contributed by atoms with Gasteiger partial charge in [0.25, 0.3) is 0 Å². The second-order valence-electron chi connectivity index (χ2n) is 17.7. The number of Topliss-reactive ketones (excluding diaryl/α,β-unsaturated/α-hetero) is 1. The van der Waals surface area contributed by atoms with Gasteiger partial charge in [-0.15, -0.1) is 0 Å². The lowest BCUT2D eigenvalue weighted by molar-refractivity contribution is -0.347. The maximum atomic E-state index is 13.5.